The highest BCUT2D eigenvalue weighted by molar-refractivity contribution is 5.84. The van der Waals surface area contributed by atoms with Crippen molar-refractivity contribution < 1.29 is 24.2 Å². The molecule has 20 heavy (non-hydrogen) atoms. The monoisotopic (exact) mass is 285 g/mol. The van der Waals surface area contributed by atoms with Gasteiger partial charge < -0.3 is 20.5 Å². The Bertz CT molecular complexity index is 500. The number of esters is 1. The van der Waals surface area contributed by atoms with E-state index in [4.69, 9.17) is 5.11 Å². The molecule has 0 fully saturated rings. The first kappa shape index (κ1) is 15.4. The zero-order valence-corrected chi connectivity index (χ0v) is 11.0. The van der Waals surface area contributed by atoms with Gasteiger partial charge in [-0.15, -0.1) is 5.10 Å². The Morgan fingerprint density at radius 2 is 2.20 bits per heavy atom. The van der Waals surface area contributed by atoms with E-state index in [0.717, 1.165) is 0 Å². The van der Waals surface area contributed by atoms with Gasteiger partial charge in [0.2, 0.25) is 0 Å². The standard InChI is InChI=1S/C10H15N5O5/c1-6(9(18)20-2)12-10(19)11-3-4-15-5-7(8(16)17)13-14-15/h5-6H,3-4H2,1-2H3,(H,16,17)(H2,11,12,19). The van der Waals surface area contributed by atoms with Gasteiger partial charge in [0.15, 0.2) is 5.69 Å². The minimum absolute atomic E-state index is 0.172. The van der Waals surface area contributed by atoms with E-state index in [1.807, 2.05) is 0 Å². The quantitative estimate of drug-likeness (QED) is 0.561. The minimum Gasteiger partial charge on any atom is -0.476 e. The van der Waals surface area contributed by atoms with Crippen molar-refractivity contribution in [2.24, 2.45) is 0 Å². The Kier molecular flexibility index (Phi) is 5.44. The third-order valence-electron chi connectivity index (χ3n) is 2.29. The number of nitrogens with zero attached hydrogens (tertiary/aromatic N) is 3. The van der Waals surface area contributed by atoms with Crippen molar-refractivity contribution in [3.05, 3.63) is 11.9 Å². The van der Waals surface area contributed by atoms with Gasteiger partial charge in [0.1, 0.15) is 6.04 Å². The van der Waals surface area contributed by atoms with Crippen LogP contribution >= 0.6 is 0 Å². The maximum Gasteiger partial charge on any atom is 0.358 e. The average Bonchev–Trinajstić information content (AvgIpc) is 2.86. The van der Waals surface area contributed by atoms with Crippen LogP contribution in [-0.4, -0.2) is 57.8 Å². The number of hydrogen-bond acceptors (Lipinski definition) is 6. The second kappa shape index (κ2) is 7.07. The van der Waals surface area contributed by atoms with Crippen molar-refractivity contribution in [3.63, 3.8) is 0 Å². The molecule has 1 aromatic heterocycles. The third kappa shape index (κ3) is 4.55. The molecule has 1 aromatic rings. The van der Waals surface area contributed by atoms with Crippen molar-refractivity contribution in [3.8, 4) is 0 Å². The number of nitrogens with one attached hydrogen (secondary N) is 2. The van der Waals surface area contributed by atoms with Gasteiger partial charge in [-0.2, -0.15) is 0 Å². The van der Waals surface area contributed by atoms with Crippen LogP contribution in [0, 0.1) is 0 Å². The van der Waals surface area contributed by atoms with Crippen molar-refractivity contribution >= 4 is 18.0 Å². The lowest BCUT2D eigenvalue weighted by atomic mass is 10.3. The molecule has 1 atom stereocenters. The van der Waals surface area contributed by atoms with Crippen molar-refractivity contribution in [2.45, 2.75) is 19.5 Å². The highest BCUT2D eigenvalue weighted by Crippen LogP contribution is 1.92. The number of rotatable bonds is 6. The van der Waals surface area contributed by atoms with Crippen LogP contribution in [0.25, 0.3) is 0 Å². The van der Waals surface area contributed by atoms with Gasteiger partial charge in [0.25, 0.3) is 0 Å². The van der Waals surface area contributed by atoms with Crippen LogP contribution in [0.4, 0.5) is 4.79 Å². The van der Waals surface area contributed by atoms with E-state index >= 15 is 0 Å². The first-order valence-corrected chi connectivity index (χ1v) is 5.69. The highest BCUT2D eigenvalue weighted by atomic mass is 16.5. The van der Waals surface area contributed by atoms with Crippen molar-refractivity contribution in [2.75, 3.05) is 13.7 Å². The first-order chi connectivity index (χ1) is 9.43. The fourth-order valence-corrected chi connectivity index (χ4v) is 1.27. The minimum atomic E-state index is -1.17. The lowest BCUT2D eigenvalue weighted by Crippen LogP contribution is -2.45. The molecule has 2 amide bonds. The Hall–Kier alpha value is -2.65. The highest BCUT2D eigenvalue weighted by Gasteiger charge is 2.15. The lowest BCUT2D eigenvalue weighted by Gasteiger charge is -2.12. The largest absolute Gasteiger partial charge is 0.476 e. The number of urea groups is 1. The van der Waals surface area contributed by atoms with E-state index in [1.54, 1.807) is 0 Å². The van der Waals surface area contributed by atoms with Crippen LogP contribution in [0.3, 0.4) is 0 Å². The van der Waals surface area contributed by atoms with Crippen LogP contribution in [0.2, 0.25) is 0 Å². The van der Waals surface area contributed by atoms with Crippen molar-refractivity contribution in [1.29, 1.82) is 0 Å². The predicted octanol–water partition coefficient (Wildman–Crippen LogP) is -1.16. The molecule has 0 aliphatic heterocycles. The van der Waals surface area contributed by atoms with Gasteiger partial charge in [-0.05, 0) is 6.92 Å². The van der Waals surface area contributed by atoms with Crippen LogP contribution < -0.4 is 10.6 Å². The number of methoxy groups -OCH3 is 1. The molecule has 1 heterocycles. The second-order valence-corrected chi connectivity index (χ2v) is 3.82. The van der Waals surface area contributed by atoms with Crippen LogP contribution in [-0.2, 0) is 16.1 Å². The molecule has 1 rings (SSSR count). The molecule has 0 radical (unpaired) electrons. The number of ether oxygens (including phenoxy) is 1. The molecule has 10 nitrogen and oxygen atoms in total. The zero-order chi connectivity index (χ0) is 15.1. The Morgan fingerprint density at radius 1 is 1.50 bits per heavy atom. The summed E-state index contributed by atoms with van der Waals surface area (Å²) in [6, 6.07) is -1.30. The van der Waals surface area contributed by atoms with Crippen LogP contribution in [0.5, 0.6) is 0 Å². The molecule has 1 unspecified atom stereocenters. The number of aromatic carboxylic acids is 1. The molecule has 0 aliphatic rings. The number of amides is 2. The third-order valence-corrected chi connectivity index (χ3v) is 2.29. The molecule has 0 aromatic carbocycles. The molecule has 10 heteroatoms. The van der Waals surface area contributed by atoms with Crippen molar-refractivity contribution in [1.82, 2.24) is 25.6 Å². The summed E-state index contributed by atoms with van der Waals surface area (Å²) in [5, 5.41) is 20.5. The van der Waals surface area contributed by atoms with E-state index in [9.17, 15) is 14.4 Å². The molecule has 0 saturated heterocycles. The lowest BCUT2D eigenvalue weighted by molar-refractivity contribution is -0.142. The summed E-state index contributed by atoms with van der Waals surface area (Å²) in [6.07, 6.45) is 1.25. The number of carboxylic acids is 1. The van der Waals surface area contributed by atoms with E-state index < -0.39 is 24.0 Å². The summed E-state index contributed by atoms with van der Waals surface area (Å²) in [5.74, 6) is -1.73. The number of hydrogen-bond donors (Lipinski definition) is 3. The molecule has 0 spiro atoms. The van der Waals surface area contributed by atoms with Gasteiger partial charge in [-0.1, -0.05) is 5.21 Å². The van der Waals surface area contributed by atoms with Gasteiger partial charge in [-0.25, -0.2) is 19.1 Å². The van der Waals surface area contributed by atoms with E-state index in [0.29, 0.717) is 0 Å². The van der Waals surface area contributed by atoms with E-state index in [2.05, 4.69) is 25.7 Å². The first-order valence-electron chi connectivity index (χ1n) is 5.69. The topological polar surface area (TPSA) is 135 Å². The molecule has 0 aliphatic carbocycles. The second-order valence-electron chi connectivity index (χ2n) is 3.82. The van der Waals surface area contributed by atoms with Gasteiger partial charge in [0, 0.05) is 6.54 Å². The molecular weight excluding hydrogens is 270 g/mol. The zero-order valence-electron chi connectivity index (χ0n) is 11.0. The van der Waals surface area contributed by atoms with Gasteiger partial charge in [-0.3, -0.25) is 0 Å². The smallest absolute Gasteiger partial charge is 0.358 e. The Labute approximate surface area is 114 Å². The summed E-state index contributed by atoms with van der Waals surface area (Å²) in [4.78, 5) is 33.0. The van der Waals surface area contributed by atoms with Gasteiger partial charge >= 0.3 is 18.0 Å². The molecular formula is C10H15N5O5. The fraction of sp³-hybridized carbons (Fsp3) is 0.500. The Balaban J connectivity index is 2.31. The molecule has 0 bridgehead atoms. The van der Waals surface area contributed by atoms with E-state index in [-0.39, 0.29) is 18.8 Å². The van der Waals surface area contributed by atoms with Gasteiger partial charge in [0.05, 0.1) is 19.9 Å². The Morgan fingerprint density at radius 3 is 2.75 bits per heavy atom. The van der Waals surface area contributed by atoms with Crippen LogP contribution in [0.15, 0.2) is 6.20 Å². The average molecular weight is 285 g/mol. The summed E-state index contributed by atoms with van der Waals surface area (Å²) >= 11 is 0. The number of aromatic nitrogens is 3. The maximum atomic E-state index is 11.4. The summed E-state index contributed by atoms with van der Waals surface area (Å²) in [6.45, 7) is 1.93. The summed E-state index contributed by atoms with van der Waals surface area (Å²) < 4.78 is 5.74. The number of carbonyl (C=O) groups is 3. The molecule has 0 saturated carbocycles. The molecule has 3 N–H and O–H groups in total. The normalized spacial score (nSPS) is 11.5. The summed E-state index contributed by atoms with van der Waals surface area (Å²) in [7, 11) is 1.23. The maximum absolute atomic E-state index is 11.4. The number of carboxylic acid groups (broad SMARTS) is 1. The SMILES string of the molecule is COC(=O)C(C)NC(=O)NCCn1cc(C(=O)O)nn1. The molecule has 110 valence electrons. The number of carbonyl (C=O) groups excluding carboxylic acids is 2. The fourth-order valence-electron chi connectivity index (χ4n) is 1.27. The predicted molar refractivity (Wildman–Crippen MR) is 65.0 cm³/mol. The summed E-state index contributed by atoms with van der Waals surface area (Å²) in [5.41, 5.74) is -0.172. The van der Waals surface area contributed by atoms with E-state index in [1.165, 1.54) is 24.9 Å². The van der Waals surface area contributed by atoms with Crippen LogP contribution in [0.1, 0.15) is 17.4 Å².